The lowest BCUT2D eigenvalue weighted by molar-refractivity contribution is -0.121. The van der Waals surface area contributed by atoms with Gasteiger partial charge in [0, 0.05) is 11.4 Å². The largest absolute Gasteiger partial charge is 0.494 e. The van der Waals surface area contributed by atoms with E-state index in [1.54, 1.807) is 0 Å². The highest BCUT2D eigenvalue weighted by molar-refractivity contribution is 6.31. The average Bonchev–Trinajstić information content (AvgIpc) is 2.52. The molecule has 0 aromatic heterocycles. The van der Waals surface area contributed by atoms with Crippen molar-refractivity contribution < 1.29 is 9.53 Å². The molecule has 1 N–H and O–H groups in total. The second kappa shape index (κ2) is 8.59. The molecule has 4 heteroatoms. The van der Waals surface area contributed by atoms with Gasteiger partial charge in [-0.2, -0.15) is 0 Å². The molecule has 3 nitrogen and oxygen atoms in total. The third kappa shape index (κ3) is 5.61. The monoisotopic (exact) mass is 331 g/mol. The molecule has 0 fully saturated rings. The van der Waals surface area contributed by atoms with Gasteiger partial charge in [-0.05, 0) is 49.6 Å². The molecule has 0 radical (unpaired) electrons. The average molecular weight is 332 g/mol. The number of halogens is 1. The van der Waals surface area contributed by atoms with E-state index in [1.165, 1.54) is 0 Å². The Balaban J connectivity index is 1.72. The third-order valence-electron chi connectivity index (χ3n) is 3.56. The molecular formula is C19H22ClNO2. The van der Waals surface area contributed by atoms with Crippen molar-refractivity contribution in [1.82, 2.24) is 5.32 Å². The van der Waals surface area contributed by atoms with Gasteiger partial charge in [-0.15, -0.1) is 0 Å². The number of carbonyl (C=O) groups is 1. The molecule has 0 aliphatic heterocycles. The first-order chi connectivity index (χ1) is 11.1. The predicted octanol–water partition coefficient (Wildman–Crippen LogP) is 4.68. The van der Waals surface area contributed by atoms with Crippen LogP contribution in [0.5, 0.6) is 5.75 Å². The fourth-order valence-corrected chi connectivity index (χ4v) is 2.64. The highest BCUT2D eigenvalue weighted by Crippen LogP contribution is 2.22. The quantitative estimate of drug-likeness (QED) is 0.748. The zero-order valence-corrected chi connectivity index (χ0v) is 14.3. The molecule has 0 saturated carbocycles. The lowest BCUT2D eigenvalue weighted by Gasteiger charge is -2.15. The van der Waals surface area contributed by atoms with E-state index in [0.717, 1.165) is 16.9 Å². The fourth-order valence-electron chi connectivity index (χ4n) is 2.35. The Labute approximate surface area is 142 Å². The number of hydrogen-bond donors (Lipinski definition) is 1. The van der Waals surface area contributed by atoms with Crippen LogP contribution >= 0.6 is 11.6 Å². The van der Waals surface area contributed by atoms with Crippen molar-refractivity contribution in [2.75, 3.05) is 6.61 Å². The first-order valence-electron chi connectivity index (χ1n) is 7.79. The summed E-state index contributed by atoms with van der Waals surface area (Å²) in [6.45, 7) is 4.48. The summed E-state index contributed by atoms with van der Waals surface area (Å²) in [4.78, 5) is 12.0. The molecule has 0 aliphatic carbocycles. The molecule has 2 aromatic rings. The van der Waals surface area contributed by atoms with Gasteiger partial charge in [0.25, 0.3) is 0 Å². The van der Waals surface area contributed by atoms with Gasteiger partial charge in [0.2, 0.25) is 5.91 Å². The van der Waals surface area contributed by atoms with Crippen molar-refractivity contribution in [3.8, 4) is 5.75 Å². The minimum atomic E-state index is -0.103. The Morgan fingerprint density at radius 3 is 2.74 bits per heavy atom. The molecule has 1 unspecified atom stereocenters. The summed E-state index contributed by atoms with van der Waals surface area (Å²) in [7, 11) is 0. The van der Waals surface area contributed by atoms with Crippen LogP contribution in [0.15, 0.2) is 48.5 Å². The molecule has 23 heavy (non-hydrogen) atoms. The maximum absolute atomic E-state index is 12.0. The van der Waals surface area contributed by atoms with Crippen LogP contribution in [0.3, 0.4) is 0 Å². The normalized spacial score (nSPS) is 11.8. The number of carbonyl (C=O) groups excluding carboxylic acids is 1. The lowest BCUT2D eigenvalue weighted by atomic mass is 10.1. The second-order valence-corrected chi connectivity index (χ2v) is 5.99. The summed E-state index contributed by atoms with van der Waals surface area (Å²) in [6.07, 6.45) is 1.11. The van der Waals surface area contributed by atoms with E-state index >= 15 is 0 Å². The molecule has 0 aliphatic rings. The summed E-state index contributed by atoms with van der Waals surface area (Å²) >= 11 is 6.14. The zero-order valence-electron chi connectivity index (χ0n) is 13.5. The molecule has 1 amide bonds. The molecule has 0 heterocycles. The van der Waals surface area contributed by atoms with E-state index in [-0.39, 0.29) is 11.9 Å². The predicted molar refractivity (Wildman–Crippen MR) is 93.9 cm³/mol. The highest BCUT2D eigenvalue weighted by atomic mass is 35.5. The van der Waals surface area contributed by atoms with E-state index in [0.29, 0.717) is 24.5 Å². The topological polar surface area (TPSA) is 38.3 Å². The van der Waals surface area contributed by atoms with Crippen molar-refractivity contribution in [2.45, 2.75) is 32.7 Å². The van der Waals surface area contributed by atoms with E-state index < -0.39 is 0 Å². The molecular weight excluding hydrogens is 310 g/mol. The van der Waals surface area contributed by atoms with Gasteiger partial charge in [-0.1, -0.05) is 41.9 Å². The first kappa shape index (κ1) is 17.4. The van der Waals surface area contributed by atoms with E-state index in [2.05, 4.69) is 5.32 Å². The van der Waals surface area contributed by atoms with Gasteiger partial charge in [-0.25, -0.2) is 0 Å². The van der Waals surface area contributed by atoms with Crippen LogP contribution in [0.25, 0.3) is 0 Å². The Hall–Kier alpha value is -2.00. The maximum Gasteiger partial charge on any atom is 0.220 e. The van der Waals surface area contributed by atoms with Gasteiger partial charge in [0.1, 0.15) is 5.75 Å². The molecule has 1 atom stereocenters. The Morgan fingerprint density at radius 2 is 2.00 bits per heavy atom. The lowest BCUT2D eigenvalue weighted by Crippen LogP contribution is -2.26. The SMILES string of the molecule is Cc1cccc(OCCCC(=O)NC(C)c2ccccc2Cl)c1. The van der Waals surface area contributed by atoms with Crippen LogP contribution in [0.1, 0.15) is 36.9 Å². The Bertz CT molecular complexity index is 657. The van der Waals surface area contributed by atoms with Gasteiger partial charge >= 0.3 is 0 Å². The highest BCUT2D eigenvalue weighted by Gasteiger charge is 2.11. The van der Waals surface area contributed by atoms with Crippen LogP contribution < -0.4 is 10.1 Å². The fraction of sp³-hybridized carbons (Fsp3) is 0.316. The van der Waals surface area contributed by atoms with E-state index in [1.807, 2.05) is 62.4 Å². The molecule has 122 valence electrons. The second-order valence-electron chi connectivity index (χ2n) is 5.58. The van der Waals surface area contributed by atoms with Gasteiger partial charge in [0.05, 0.1) is 12.6 Å². The summed E-state index contributed by atoms with van der Waals surface area (Å²) in [6, 6.07) is 15.3. The maximum atomic E-state index is 12.0. The Morgan fingerprint density at radius 1 is 1.22 bits per heavy atom. The van der Waals surface area contributed by atoms with Gasteiger partial charge in [-0.3, -0.25) is 4.79 Å². The summed E-state index contributed by atoms with van der Waals surface area (Å²) < 4.78 is 5.64. The Kier molecular flexibility index (Phi) is 6.48. The van der Waals surface area contributed by atoms with Crippen LogP contribution in [-0.2, 0) is 4.79 Å². The number of hydrogen-bond acceptors (Lipinski definition) is 2. The smallest absolute Gasteiger partial charge is 0.220 e. The van der Waals surface area contributed by atoms with Crippen LogP contribution in [0.4, 0.5) is 0 Å². The minimum Gasteiger partial charge on any atom is -0.494 e. The number of ether oxygens (including phenoxy) is 1. The van der Waals surface area contributed by atoms with Crippen molar-refractivity contribution in [3.63, 3.8) is 0 Å². The van der Waals surface area contributed by atoms with Crippen molar-refractivity contribution in [1.29, 1.82) is 0 Å². The van der Waals surface area contributed by atoms with Crippen molar-refractivity contribution >= 4 is 17.5 Å². The van der Waals surface area contributed by atoms with Crippen molar-refractivity contribution in [2.24, 2.45) is 0 Å². The van der Waals surface area contributed by atoms with Crippen LogP contribution in [0.2, 0.25) is 5.02 Å². The summed E-state index contributed by atoms with van der Waals surface area (Å²) in [5.41, 5.74) is 2.09. The van der Waals surface area contributed by atoms with Crippen LogP contribution in [0, 0.1) is 6.92 Å². The third-order valence-corrected chi connectivity index (χ3v) is 3.90. The van der Waals surface area contributed by atoms with Crippen LogP contribution in [-0.4, -0.2) is 12.5 Å². The molecule has 0 bridgehead atoms. The molecule has 0 saturated heterocycles. The van der Waals surface area contributed by atoms with Gasteiger partial charge in [0.15, 0.2) is 0 Å². The number of amides is 1. The molecule has 0 spiro atoms. The minimum absolute atomic E-state index is 0.00487. The molecule has 2 rings (SSSR count). The number of rotatable bonds is 7. The van der Waals surface area contributed by atoms with E-state index in [4.69, 9.17) is 16.3 Å². The zero-order chi connectivity index (χ0) is 16.7. The van der Waals surface area contributed by atoms with Gasteiger partial charge < -0.3 is 10.1 Å². The summed E-state index contributed by atoms with van der Waals surface area (Å²) in [5, 5.41) is 3.64. The first-order valence-corrected chi connectivity index (χ1v) is 8.17. The standard InChI is InChI=1S/C19H22ClNO2/c1-14-7-5-8-16(13-14)23-12-6-11-19(22)21-15(2)17-9-3-4-10-18(17)20/h3-5,7-10,13,15H,6,11-12H2,1-2H3,(H,21,22). The number of aryl methyl sites for hydroxylation is 1. The molecule has 2 aromatic carbocycles. The summed E-state index contributed by atoms with van der Waals surface area (Å²) in [5.74, 6) is 0.847. The van der Waals surface area contributed by atoms with E-state index in [9.17, 15) is 4.79 Å². The van der Waals surface area contributed by atoms with Crippen molar-refractivity contribution in [3.05, 3.63) is 64.7 Å². The number of benzene rings is 2. The number of nitrogens with one attached hydrogen (secondary N) is 1.